The number of rotatable bonds is 3. The number of Topliss-reactive ketones (excluding diaryl/α,β-unsaturated/α-hetero) is 1. The van der Waals surface area contributed by atoms with Gasteiger partial charge in [0.25, 0.3) is 0 Å². The lowest BCUT2D eigenvalue weighted by atomic mass is 9.75. The molecule has 104 valence electrons. The predicted octanol–water partition coefficient (Wildman–Crippen LogP) is 4.10. The molecule has 2 rings (SSSR count). The molecule has 0 N–H and O–H groups in total. The van der Waals surface area contributed by atoms with Crippen LogP contribution in [0.5, 0.6) is 0 Å². The summed E-state index contributed by atoms with van der Waals surface area (Å²) in [4.78, 5) is 15.0. The van der Waals surface area contributed by atoms with E-state index in [1.807, 2.05) is 39.2 Å². The van der Waals surface area contributed by atoms with Crippen LogP contribution in [-0.2, 0) is 0 Å². The minimum Gasteiger partial charge on any atom is -0.297 e. The number of carbonyl (C=O) groups is 1. The molecule has 2 nitrogen and oxygen atoms in total. The monoisotopic (exact) mass is 279 g/mol. The molecule has 3 heteroatoms. The number of aryl methyl sites for hydroxylation is 1. The van der Waals surface area contributed by atoms with E-state index in [4.69, 9.17) is 11.6 Å². The van der Waals surface area contributed by atoms with Crippen molar-refractivity contribution in [2.24, 2.45) is 0 Å². The summed E-state index contributed by atoms with van der Waals surface area (Å²) in [6, 6.07) is 5.66. The Kier molecular flexibility index (Phi) is 4.32. The van der Waals surface area contributed by atoms with Crippen LogP contribution >= 0.6 is 11.6 Å². The molecule has 0 unspecified atom stereocenters. The molecule has 1 aromatic rings. The highest BCUT2D eigenvalue weighted by Gasteiger charge is 2.41. The van der Waals surface area contributed by atoms with E-state index < -0.39 is 0 Å². The predicted molar refractivity (Wildman–Crippen MR) is 80.0 cm³/mol. The Hall–Kier alpha value is -0.860. The van der Waals surface area contributed by atoms with E-state index in [1.165, 1.54) is 6.42 Å². The zero-order valence-corrected chi connectivity index (χ0v) is 12.8. The van der Waals surface area contributed by atoms with Gasteiger partial charge in [-0.15, -0.1) is 0 Å². The average molecular weight is 280 g/mol. The molecule has 1 aromatic carbocycles. The molecule has 0 saturated heterocycles. The van der Waals surface area contributed by atoms with Gasteiger partial charge in [-0.05, 0) is 45.5 Å². The summed E-state index contributed by atoms with van der Waals surface area (Å²) >= 11 is 6.16. The Bertz CT molecular complexity index is 476. The second-order valence-electron chi connectivity index (χ2n) is 5.78. The van der Waals surface area contributed by atoms with Crippen molar-refractivity contribution < 1.29 is 4.79 Å². The maximum Gasteiger partial charge on any atom is 0.183 e. The van der Waals surface area contributed by atoms with Crippen LogP contribution in [0.4, 0.5) is 0 Å². The minimum atomic E-state index is -0.336. The third kappa shape index (κ3) is 2.70. The maximum absolute atomic E-state index is 12.9. The van der Waals surface area contributed by atoms with Gasteiger partial charge in [-0.2, -0.15) is 0 Å². The van der Waals surface area contributed by atoms with Gasteiger partial charge in [0.15, 0.2) is 5.78 Å². The Labute approximate surface area is 120 Å². The Morgan fingerprint density at radius 2 is 1.84 bits per heavy atom. The molecule has 0 atom stereocenters. The van der Waals surface area contributed by atoms with Crippen LogP contribution in [-0.4, -0.2) is 30.3 Å². The molecule has 19 heavy (non-hydrogen) atoms. The molecular weight excluding hydrogens is 258 g/mol. The van der Waals surface area contributed by atoms with Gasteiger partial charge in [-0.3, -0.25) is 9.69 Å². The van der Waals surface area contributed by atoms with Crippen molar-refractivity contribution in [3.63, 3.8) is 0 Å². The van der Waals surface area contributed by atoms with Crippen LogP contribution in [0.1, 0.15) is 48.0 Å². The van der Waals surface area contributed by atoms with Gasteiger partial charge < -0.3 is 0 Å². The maximum atomic E-state index is 12.9. The van der Waals surface area contributed by atoms with E-state index in [2.05, 4.69) is 4.90 Å². The first kappa shape index (κ1) is 14.5. The third-order valence-corrected chi connectivity index (χ3v) is 4.80. The van der Waals surface area contributed by atoms with Crippen molar-refractivity contribution >= 4 is 17.4 Å². The lowest BCUT2D eigenvalue weighted by Gasteiger charge is -2.41. The highest BCUT2D eigenvalue weighted by Crippen LogP contribution is 2.35. The zero-order valence-electron chi connectivity index (χ0n) is 12.0. The quantitative estimate of drug-likeness (QED) is 0.777. The first-order valence-corrected chi connectivity index (χ1v) is 7.33. The number of hydrogen-bond donors (Lipinski definition) is 0. The summed E-state index contributed by atoms with van der Waals surface area (Å²) in [5.41, 5.74) is 1.42. The van der Waals surface area contributed by atoms with Crippen molar-refractivity contribution in [3.05, 3.63) is 34.3 Å². The van der Waals surface area contributed by atoms with Gasteiger partial charge in [0.2, 0.25) is 0 Å². The van der Waals surface area contributed by atoms with Gasteiger partial charge >= 0.3 is 0 Å². The number of likely N-dealkylation sites (N-methyl/N-ethyl adjacent to an activating group) is 1. The fraction of sp³-hybridized carbons (Fsp3) is 0.562. The first-order valence-electron chi connectivity index (χ1n) is 6.96. The number of nitrogens with zero attached hydrogens (tertiary/aromatic N) is 1. The summed E-state index contributed by atoms with van der Waals surface area (Å²) in [6.07, 6.45) is 5.39. The Morgan fingerprint density at radius 3 is 2.37 bits per heavy atom. The van der Waals surface area contributed by atoms with Gasteiger partial charge in [0.1, 0.15) is 0 Å². The summed E-state index contributed by atoms with van der Waals surface area (Å²) in [5, 5.41) is 0.676. The molecule has 1 aliphatic carbocycles. The van der Waals surface area contributed by atoms with E-state index in [0.29, 0.717) is 5.02 Å². The molecule has 0 bridgehead atoms. The molecule has 1 saturated carbocycles. The van der Waals surface area contributed by atoms with Gasteiger partial charge in [-0.1, -0.05) is 43.0 Å². The first-order chi connectivity index (χ1) is 8.97. The van der Waals surface area contributed by atoms with Crippen molar-refractivity contribution in [2.75, 3.05) is 14.1 Å². The topological polar surface area (TPSA) is 20.3 Å². The largest absolute Gasteiger partial charge is 0.297 e. The minimum absolute atomic E-state index is 0.221. The van der Waals surface area contributed by atoms with E-state index >= 15 is 0 Å². The highest BCUT2D eigenvalue weighted by atomic mass is 35.5. The molecule has 0 spiro atoms. The van der Waals surface area contributed by atoms with Gasteiger partial charge in [-0.25, -0.2) is 0 Å². The Balaban J connectivity index is 2.36. The molecule has 0 aliphatic heterocycles. The molecule has 0 radical (unpaired) electrons. The lowest BCUT2D eigenvalue weighted by Crippen LogP contribution is -2.52. The van der Waals surface area contributed by atoms with Crippen molar-refractivity contribution in [1.82, 2.24) is 4.90 Å². The molecular formula is C16H22ClNO. The molecule has 0 amide bonds. The van der Waals surface area contributed by atoms with Crippen LogP contribution in [0.25, 0.3) is 0 Å². The molecule has 1 aliphatic rings. The highest BCUT2D eigenvalue weighted by molar-refractivity contribution is 6.31. The van der Waals surface area contributed by atoms with E-state index in [0.717, 1.165) is 36.8 Å². The summed E-state index contributed by atoms with van der Waals surface area (Å²) in [6.45, 7) is 1.96. The van der Waals surface area contributed by atoms with Crippen LogP contribution in [0.15, 0.2) is 18.2 Å². The Morgan fingerprint density at radius 1 is 1.21 bits per heavy atom. The van der Waals surface area contributed by atoms with Crippen molar-refractivity contribution in [2.45, 2.75) is 44.6 Å². The standard InChI is InChI=1S/C16H22ClNO/c1-12-7-8-13(11-14(12)17)15(19)16(18(2)3)9-5-4-6-10-16/h7-8,11H,4-6,9-10H2,1-3H3. The smallest absolute Gasteiger partial charge is 0.183 e. The van der Waals surface area contributed by atoms with E-state index in [9.17, 15) is 4.79 Å². The number of carbonyl (C=O) groups excluding carboxylic acids is 1. The van der Waals surface area contributed by atoms with E-state index in [1.54, 1.807) is 0 Å². The van der Waals surface area contributed by atoms with Crippen LogP contribution in [0.3, 0.4) is 0 Å². The van der Waals surface area contributed by atoms with Crippen molar-refractivity contribution in [3.8, 4) is 0 Å². The van der Waals surface area contributed by atoms with Gasteiger partial charge in [0.05, 0.1) is 5.54 Å². The van der Waals surface area contributed by atoms with E-state index in [-0.39, 0.29) is 11.3 Å². The van der Waals surface area contributed by atoms with Crippen LogP contribution < -0.4 is 0 Å². The third-order valence-electron chi connectivity index (χ3n) is 4.39. The normalized spacial score (nSPS) is 18.6. The van der Waals surface area contributed by atoms with Crippen LogP contribution in [0, 0.1) is 6.92 Å². The lowest BCUT2D eigenvalue weighted by molar-refractivity contribution is 0.0564. The number of ketones is 1. The fourth-order valence-corrected chi connectivity index (χ4v) is 3.20. The molecule has 0 aromatic heterocycles. The SMILES string of the molecule is Cc1ccc(C(=O)C2(N(C)C)CCCCC2)cc1Cl. The summed E-state index contributed by atoms with van der Waals surface area (Å²) < 4.78 is 0. The number of hydrogen-bond acceptors (Lipinski definition) is 2. The molecule has 1 fully saturated rings. The number of halogens is 1. The van der Waals surface area contributed by atoms with Crippen molar-refractivity contribution in [1.29, 1.82) is 0 Å². The second-order valence-corrected chi connectivity index (χ2v) is 6.19. The summed E-state index contributed by atoms with van der Waals surface area (Å²) in [5.74, 6) is 0.221. The average Bonchev–Trinajstić information content (AvgIpc) is 2.41. The second kappa shape index (κ2) is 5.64. The summed E-state index contributed by atoms with van der Waals surface area (Å²) in [7, 11) is 4.03. The fourth-order valence-electron chi connectivity index (χ4n) is 3.02. The molecule has 0 heterocycles. The van der Waals surface area contributed by atoms with Crippen LogP contribution in [0.2, 0.25) is 5.02 Å². The zero-order chi connectivity index (χ0) is 14.0. The number of benzene rings is 1. The van der Waals surface area contributed by atoms with Gasteiger partial charge in [0, 0.05) is 10.6 Å².